The number of nitrogens with zero attached hydrogens (tertiary/aromatic N) is 4. The van der Waals surface area contributed by atoms with Crippen molar-refractivity contribution in [2.45, 2.75) is 64.0 Å². The summed E-state index contributed by atoms with van der Waals surface area (Å²) < 4.78 is 1.87. The number of piperidine rings is 1. The van der Waals surface area contributed by atoms with E-state index in [0.717, 1.165) is 32.5 Å². The van der Waals surface area contributed by atoms with E-state index in [1.807, 2.05) is 4.68 Å². The van der Waals surface area contributed by atoms with Crippen molar-refractivity contribution < 1.29 is 4.79 Å². The molecule has 0 aromatic carbocycles. The monoisotopic (exact) mass is 331 g/mol. The third-order valence-electron chi connectivity index (χ3n) is 5.11. The molecule has 1 N–H and O–H groups in total. The van der Waals surface area contributed by atoms with Crippen molar-refractivity contribution in [1.82, 2.24) is 25.0 Å². The highest BCUT2D eigenvalue weighted by atomic mass is 16.2. The Kier molecular flexibility index (Phi) is 6.41. The topological polar surface area (TPSA) is 63.1 Å². The maximum Gasteiger partial charge on any atom is 0.234 e. The Balaban J connectivity index is 1.42. The van der Waals surface area contributed by atoms with Crippen LogP contribution in [0.4, 0.5) is 0 Å². The molecule has 3 rings (SSSR count). The van der Waals surface area contributed by atoms with Gasteiger partial charge in [-0.15, -0.1) is 0 Å². The van der Waals surface area contributed by atoms with E-state index in [9.17, 15) is 4.79 Å². The Labute approximate surface area is 144 Å². The molecule has 0 saturated carbocycles. The lowest BCUT2D eigenvalue weighted by Gasteiger charge is -2.35. The fourth-order valence-electron chi connectivity index (χ4n) is 3.75. The first kappa shape index (κ1) is 17.1. The van der Waals surface area contributed by atoms with Gasteiger partial charge in [0.15, 0.2) is 0 Å². The van der Waals surface area contributed by atoms with Crippen LogP contribution in [-0.4, -0.2) is 51.2 Å². The van der Waals surface area contributed by atoms with Crippen LogP contribution in [0.3, 0.4) is 0 Å². The average Bonchev–Trinajstić information content (AvgIpc) is 3.11. The number of hydrogen-bond donors (Lipinski definition) is 1. The molecule has 0 bridgehead atoms. The van der Waals surface area contributed by atoms with Crippen molar-refractivity contribution in [1.29, 1.82) is 0 Å². The summed E-state index contributed by atoms with van der Waals surface area (Å²) in [6.45, 7) is 3.09. The summed E-state index contributed by atoms with van der Waals surface area (Å²) in [6.07, 6.45) is 15.3. The lowest BCUT2D eigenvalue weighted by atomic mass is 9.97. The molecule has 2 heterocycles. The second-order valence-corrected chi connectivity index (χ2v) is 6.95. The van der Waals surface area contributed by atoms with Crippen molar-refractivity contribution in [2.24, 2.45) is 0 Å². The highest BCUT2D eigenvalue weighted by Crippen LogP contribution is 2.20. The number of nitrogens with one attached hydrogen (secondary N) is 1. The third kappa shape index (κ3) is 5.16. The SMILES string of the molecule is O=C(CN1CCCC[C@@H]1Cn1cncn1)NCCC1=CCCCC1. The minimum atomic E-state index is 0.150. The molecular formula is C18H29N5O. The Morgan fingerprint density at radius 2 is 2.25 bits per heavy atom. The van der Waals surface area contributed by atoms with E-state index in [4.69, 9.17) is 0 Å². The van der Waals surface area contributed by atoms with E-state index < -0.39 is 0 Å². The first-order valence-corrected chi connectivity index (χ1v) is 9.32. The minimum Gasteiger partial charge on any atom is -0.355 e. The summed E-state index contributed by atoms with van der Waals surface area (Å²) >= 11 is 0. The Morgan fingerprint density at radius 1 is 1.29 bits per heavy atom. The molecule has 6 heteroatoms. The summed E-state index contributed by atoms with van der Waals surface area (Å²) in [7, 11) is 0. The fraction of sp³-hybridized carbons (Fsp3) is 0.722. The normalized spacial score (nSPS) is 22.2. The van der Waals surface area contributed by atoms with Crippen molar-refractivity contribution in [3.8, 4) is 0 Å². The largest absolute Gasteiger partial charge is 0.355 e. The van der Waals surface area contributed by atoms with Crippen LogP contribution in [-0.2, 0) is 11.3 Å². The lowest BCUT2D eigenvalue weighted by molar-refractivity contribution is -0.123. The summed E-state index contributed by atoms with van der Waals surface area (Å²) in [4.78, 5) is 18.6. The Hall–Kier alpha value is -1.69. The van der Waals surface area contributed by atoms with Crippen LogP contribution in [0.1, 0.15) is 51.4 Å². The van der Waals surface area contributed by atoms with Gasteiger partial charge in [-0.25, -0.2) is 4.98 Å². The average molecular weight is 331 g/mol. The summed E-state index contributed by atoms with van der Waals surface area (Å²) in [5.41, 5.74) is 1.52. The summed E-state index contributed by atoms with van der Waals surface area (Å²) in [6, 6.07) is 0.382. The zero-order valence-corrected chi connectivity index (χ0v) is 14.5. The van der Waals surface area contributed by atoms with Gasteiger partial charge >= 0.3 is 0 Å². The van der Waals surface area contributed by atoms with E-state index in [1.54, 1.807) is 12.7 Å². The van der Waals surface area contributed by atoms with Crippen LogP contribution in [0.25, 0.3) is 0 Å². The van der Waals surface area contributed by atoms with E-state index >= 15 is 0 Å². The van der Waals surface area contributed by atoms with Gasteiger partial charge < -0.3 is 5.32 Å². The van der Waals surface area contributed by atoms with Gasteiger partial charge in [-0.05, 0) is 51.5 Å². The van der Waals surface area contributed by atoms with Crippen LogP contribution >= 0.6 is 0 Å². The smallest absolute Gasteiger partial charge is 0.234 e. The predicted molar refractivity (Wildman–Crippen MR) is 93.4 cm³/mol. The first-order valence-electron chi connectivity index (χ1n) is 9.32. The number of allylic oxidation sites excluding steroid dienone is 1. The molecule has 1 aliphatic heterocycles. The predicted octanol–water partition coefficient (Wildman–Crippen LogP) is 2.14. The number of likely N-dealkylation sites (tertiary alicyclic amines) is 1. The van der Waals surface area contributed by atoms with Gasteiger partial charge in [0.05, 0.1) is 13.1 Å². The van der Waals surface area contributed by atoms with Crippen molar-refractivity contribution in [2.75, 3.05) is 19.6 Å². The molecule has 0 spiro atoms. The molecule has 0 radical (unpaired) electrons. The van der Waals surface area contributed by atoms with Gasteiger partial charge in [0, 0.05) is 12.6 Å². The summed E-state index contributed by atoms with van der Waals surface area (Å²) in [5.74, 6) is 0.150. The Morgan fingerprint density at radius 3 is 3.04 bits per heavy atom. The molecule has 0 unspecified atom stereocenters. The molecule has 24 heavy (non-hydrogen) atoms. The zero-order valence-electron chi connectivity index (χ0n) is 14.5. The quantitative estimate of drug-likeness (QED) is 0.778. The van der Waals surface area contributed by atoms with Gasteiger partial charge in [0.25, 0.3) is 0 Å². The zero-order chi connectivity index (χ0) is 16.6. The summed E-state index contributed by atoms with van der Waals surface area (Å²) in [5, 5.41) is 7.30. The third-order valence-corrected chi connectivity index (χ3v) is 5.11. The van der Waals surface area contributed by atoms with E-state index in [0.29, 0.717) is 12.6 Å². The highest BCUT2D eigenvalue weighted by molar-refractivity contribution is 5.78. The van der Waals surface area contributed by atoms with Gasteiger partial charge in [-0.2, -0.15) is 5.10 Å². The molecule has 132 valence electrons. The van der Waals surface area contributed by atoms with Gasteiger partial charge in [0.1, 0.15) is 12.7 Å². The molecular weight excluding hydrogens is 302 g/mol. The maximum absolute atomic E-state index is 12.3. The van der Waals surface area contributed by atoms with Crippen molar-refractivity contribution in [3.63, 3.8) is 0 Å². The molecule has 1 aromatic heterocycles. The molecule has 1 aliphatic carbocycles. The van der Waals surface area contributed by atoms with Crippen LogP contribution in [0.15, 0.2) is 24.3 Å². The van der Waals surface area contributed by atoms with E-state index in [2.05, 4.69) is 26.4 Å². The van der Waals surface area contributed by atoms with Crippen molar-refractivity contribution in [3.05, 3.63) is 24.3 Å². The van der Waals surface area contributed by atoms with Gasteiger partial charge in [-0.3, -0.25) is 14.4 Å². The second-order valence-electron chi connectivity index (χ2n) is 6.95. The van der Waals surface area contributed by atoms with Gasteiger partial charge in [0.2, 0.25) is 5.91 Å². The molecule has 1 atom stereocenters. The van der Waals surface area contributed by atoms with Crippen LogP contribution in [0, 0.1) is 0 Å². The standard InChI is InChI=1S/C18H29N5O/c24-18(20-10-9-16-6-2-1-3-7-16)13-22-11-5-4-8-17(22)12-23-15-19-14-21-23/h6,14-15,17H,1-5,7-13H2,(H,20,24)/t17-/m1/s1. The number of amides is 1. The lowest BCUT2D eigenvalue weighted by Crippen LogP contribution is -2.47. The number of hydrogen-bond acceptors (Lipinski definition) is 4. The molecule has 1 amide bonds. The van der Waals surface area contributed by atoms with Crippen LogP contribution in [0.5, 0.6) is 0 Å². The van der Waals surface area contributed by atoms with Crippen LogP contribution in [0.2, 0.25) is 0 Å². The fourth-order valence-corrected chi connectivity index (χ4v) is 3.75. The first-order chi connectivity index (χ1) is 11.8. The van der Waals surface area contributed by atoms with E-state index in [1.165, 1.54) is 44.1 Å². The number of aromatic nitrogens is 3. The maximum atomic E-state index is 12.3. The number of rotatable bonds is 7. The van der Waals surface area contributed by atoms with Gasteiger partial charge in [-0.1, -0.05) is 18.1 Å². The minimum absolute atomic E-state index is 0.150. The molecule has 1 fully saturated rings. The number of carbonyl (C=O) groups is 1. The van der Waals surface area contributed by atoms with Crippen LogP contribution < -0.4 is 5.32 Å². The highest BCUT2D eigenvalue weighted by Gasteiger charge is 2.24. The second kappa shape index (κ2) is 8.97. The molecule has 1 saturated heterocycles. The van der Waals surface area contributed by atoms with Crippen molar-refractivity contribution >= 4 is 5.91 Å². The number of carbonyl (C=O) groups excluding carboxylic acids is 1. The molecule has 2 aliphatic rings. The Bertz CT molecular complexity index is 540. The molecule has 6 nitrogen and oxygen atoms in total. The molecule has 1 aromatic rings. The van der Waals surface area contributed by atoms with E-state index in [-0.39, 0.29) is 5.91 Å².